The summed E-state index contributed by atoms with van der Waals surface area (Å²) in [4.78, 5) is 23.0. The Bertz CT molecular complexity index is 540. The highest BCUT2D eigenvalue weighted by molar-refractivity contribution is 8.03. The predicted molar refractivity (Wildman–Crippen MR) is 63.2 cm³/mol. The topological polar surface area (TPSA) is 93.2 Å². The molecular weight excluding hydrogens is 259 g/mol. The van der Waals surface area contributed by atoms with Crippen LogP contribution in [0.5, 0.6) is 0 Å². The fourth-order valence-electron chi connectivity index (χ4n) is 1.19. The maximum atomic E-state index is 13.2. The lowest BCUT2D eigenvalue weighted by Crippen LogP contribution is -2.18. The van der Waals surface area contributed by atoms with Crippen LogP contribution in [-0.2, 0) is 9.53 Å². The van der Waals surface area contributed by atoms with Crippen LogP contribution in [0, 0.1) is 16.5 Å². The third kappa shape index (κ3) is 2.99. The Morgan fingerprint density at radius 3 is 2.78 bits per heavy atom. The third-order valence-electron chi connectivity index (χ3n) is 1.96. The first-order chi connectivity index (χ1) is 8.51. The second-order valence-electron chi connectivity index (χ2n) is 3.11. The van der Waals surface area contributed by atoms with E-state index in [1.165, 1.54) is 0 Å². The molecule has 7 heteroatoms. The van der Waals surface area contributed by atoms with E-state index in [0.717, 1.165) is 12.1 Å². The molecule has 0 fully saturated rings. The van der Waals surface area contributed by atoms with Crippen LogP contribution in [0.3, 0.4) is 0 Å². The highest BCUT2D eigenvalue weighted by atomic mass is 32.2. The van der Waals surface area contributed by atoms with Gasteiger partial charge in [-0.15, -0.1) is 0 Å². The summed E-state index contributed by atoms with van der Waals surface area (Å²) < 4.78 is 17.8. The number of carbonyl (C=O) groups is 2. The second kappa shape index (κ2) is 6.02. The maximum Gasteiger partial charge on any atom is 0.379 e. The van der Waals surface area contributed by atoms with E-state index in [2.05, 4.69) is 4.74 Å². The molecule has 0 amide bonds. The number of hydrogen-bond donors (Lipinski definition) is 1. The first kappa shape index (κ1) is 14.0. The molecule has 0 atom stereocenters. The van der Waals surface area contributed by atoms with E-state index in [1.807, 2.05) is 0 Å². The van der Waals surface area contributed by atoms with Crippen LogP contribution in [0.1, 0.15) is 17.3 Å². The van der Waals surface area contributed by atoms with Gasteiger partial charge in [-0.2, -0.15) is 5.26 Å². The number of nitriles is 1. The first-order valence-corrected chi connectivity index (χ1v) is 5.69. The summed E-state index contributed by atoms with van der Waals surface area (Å²) in [5.41, 5.74) is 4.91. The Morgan fingerprint density at radius 1 is 1.56 bits per heavy atom. The number of hydrogen-bond acceptors (Lipinski definition) is 6. The fraction of sp³-hybridized carbons (Fsp3) is 0.182. The summed E-state index contributed by atoms with van der Waals surface area (Å²) in [7, 11) is 0. The van der Waals surface area contributed by atoms with Gasteiger partial charge in [-0.3, -0.25) is 4.79 Å². The molecule has 0 spiro atoms. The summed E-state index contributed by atoms with van der Waals surface area (Å²) in [5.74, 6) is -2.78. The quantitative estimate of drug-likeness (QED) is 0.223. The number of halogens is 1. The summed E-state index contributed by atoms with van der Waals surface area (Å²) in [6, 6.07) is 1.96. The number of rotatable bonds is 4. The van der Waals surface area contributed by atoms with Crippen LogP contribution in [0.4, 0.5) is 10.1 Å². The van der Waals surface area contributed by atoms with Gasteiger partial charge in [-0.25, -0.2) is 9.18 Å². The number of carbonyl (C=O) groups excluding carboxylic acids is 2. The second-order valence-corrected chi connectivity index (χ2v) is 3.94. The zero-order chi connectivity index (χ0) is 13.7. The van der Waals surface area contributed by atoms with Crippen LogP contribution in [0.15, 0.2) is 17.0 Å². The van der Waals surface area contributed by atoms with Crippen molar-refractivity contribution in [1.29, 1.82) is 5.26 Å². The van der Waals surface area contributed by atoms with E-state index in [4.69, 9.17) is 11.0 Å². The first-order valence-electron chi connectivity index (χ1n) is 4.87. The minimum atomic E-state index is -1.07. The molecule has 0 unspecified atom stereocenters. The number of nitrogens with two attached hydrogens (primary N) is 1. The summed E-state index contributed by atoms with van der Waals surface area (Å²) in [5, 5.41) is 10.3. The zero-order valence-corrected chi connectivity index (χ0v) is 10.2. The molecule has 0 aliphatic heterocycles. The standard InChI is InChI=1S/C11H9FN2O3S/c1-2-17-11(16)10(15)6-3-8(14)7(12)4-9(6)18-5-13/h3-4H,2,14H2,1H3. The maximum absolute atomic E-state index is 13.2. The van der Waals surface area contributed by atoms with Gasteiger partial charge in [0.25, 0.3) is 5.78 Å². The van der Waals surface area contributed by atoms with Crippen LogP contribution in [0.25, 0.3) is 0 Å². The number of esters is 1. The molecule has 0 saturated heterocycles. The SMILES string of the molecule is CCOC(=O)C(=O)c1cc(N)c(F)cc1SC#N. The fourth-order valence-corrected chi connectivity index (χ4v) is 1.71. The van der Waals surface area contributed by atoms with Crippen molar-refractivity contribution in [3.63, 3.8) is 0 Å². The smallest absolute Gasteiger partial charge is 0.379 e. The van der Waals surface area contributed by atoms with E-state index in [9.17, 15) is 14.0 Å². The van der Waals surface area contributed by atoms with Gasteiger partial charge in [0.2, 0.25) is 0 Å². The molecule has 0 aliphatic carbocycles. The van der Waals surface area contributed by atoms with E-state index >= 15 is 0 Å². The van der Waals surface area contributed by atoms with Gasteiger partial charge in [-0.05, 0) is 30.8 Å². The summed E-state index contributed by atoms with van der Waals surface area (Å²) >= 11 is 0.570. The third-order valence-corrected chi connectivity index (χ3v) is 2.61. The van der Waals surface area contributed by atoms with E-state index in [0.29, 0.717) is 11.8 Å². The average Bonchev–Trinajstić information content (AvgIpc) is 2.33. The monoisotopic (exact) mass is 268 g/mol. The average molecular weight is 268 g/mol. The number of ketones is 1. The Morgan fingerprint density at radius 2 is 2.22 bits per heavy atom. The van der Waals surface area contributed by atoms with Crippen LogP contribution >= 0.6 is 11.8 Å². The number of thiocyanates is 1. The predicted octanol–water partition coefficient (Wildman–Crippen LogP) is 1.73. The van der Waals surface area contributed by atoms with Gasteiger partial charge in [0, 0.05) is 10.5 Å². The van der Waals surface area contributed by atoms with Crippen molar-refractivity contribution in [3.8, 4) is 5.40 Å². The van der Waals surface area contributed by atoms with Gasteiger partial charge in [0.1, 0.15) is 11.2 Å². The minimum Gasteiger partial charge on any atom is -0.460 e. The number of nitrogen functional groups attached to an aromatic ring is 1. The van der Waals surface area contributed by atoms with Crippen LogP contribution in [-0.4, -0.2) is 18.4 Å². The van der Waals surface area contributed by atoms with Crippen molar-refractivity contribution >= 4 is 29.2 Å². The Labute approximate surface area is 107 Å². The van der Waals surface area contributed by atoms with E-state index < -0.39 is 17.6 Å². The molecule has 1 aromatic carbocycles. The van der Waals surface area contributed by atoms with Gasteiger partial charge in [0.05, 0.1) is 12.3 Å². The van der Waals surface area contributed by atoms with Gasteiger partial charge >= 0.3 is 5.97 Å². The Hall–Kier alpha value is -2.07. The molecule has 0 aromatic heterocycles. The zero-order valence-electron chi connectivity index (χ0n) is 9.40. The molecule has 1 aromatic rings. The minimum absolute atomic E-state index is 0.0299. The van der Waals surface area contributed by atoms with Crippen molar-refractivity contribution in [1.82, 2.24) is 0 Å². The highest BCUT2D eigenvalue weighted by Crippen LogP contribution is 2.27. The molecule has 5 nitrogen and oxygen atoms in total. The summed E-state index contributed by atoms with van der Waals surface area (Å²) in [6.45, 7) is 1.59. The van der Waals surface area contributed by atoms with E-state index in [-0.39, 0.29) is 22.8 Å². The number of thioether (sulfide) groups is 1. The molecule has 0 radical (unpaired) electrons. The number of anilines is 1. The lowest BCUT2D eigenvalue weighted by atomic mass is 10.1. The molecule has 0 bridgehead atoms. The van der Waals surface area contributed by atoms with Crippen molar-refractivity contribution in [3.05, 3.63) is 23.5 Å². The van der Waals surface area contributed by atoms with Crippen LogP contribution < -0.4 is 5.73 Å². The molecule has 2 N–H and O–H groups in total. The highest BCUT2D eigenvalue weighted by Gasteiger charge is 2.22. The van der Waals surface area contributed by atoms with Crippen LogP contribution in [0.2, 0.25) is 0 Å². The van der Waals surface area contributed by atoms with Crippen molar-refractivity contribution in [2.45, 2.75) is 11.8 Å². The lowest BCUT2D eigenvalue weighted by Gasteiger charge is -2.07. The van der Waals surface area contributed by atoms with Gasteiger partial charge in [0.15, 0.2) is 0 Å². The molecule has 1 rings (SSSR count). The molecule has 0 heterocycles. The molecule has 18 heavy (non-hydrogen) atoms. The van der Waals surface area contributed by atoms with Crippen molar-refractivity contribution in [2.75, 3.05) is 12.3 Å². The molecule has 0 aliphatic rings. The lowest BCUT2D eigenvalue weighted by molar-refractivity contribution is -0.137. The number of benzene rings is 1. The molecule has 94 valence electrons. The number of Topliss-reactive ketones (excluding diaryl/α,β-unsaturated/α-hetero) is 1. The van der Waals surface area contributed by atoms with Crippen molar-refractivity contribution in [2.24, 2.45) is 0 Å². The normalized spacial score (nSPS) is 9.61. The molecular formula is C11H9FN2O3S. The van der Waals surface area contributed by atoms with Gasteiger partial charge in [-0.1, -0.05) is 0 Å². The van der Waals surface area contributed by atoms with Gasteiger partial charge < -0.3 is 10.5 Å². The largest absolute Gasteiger partial charge is 0.460 e. The summed E-state index contributed by atoms with van der Waals surface area (Å²) in [6.07, 6.45) is 0. The van der Waals surface area contributed by atoms with Crippen molar-refractivity contribution < 1.29 is 18.7 Å². The Balaban J connectivity index is 3.22. The number of ether oxygens (including phenoxy) is 1. The number of nitrogens with zero attached hydrogens (tertiary/aromatic N) is 1. The molecule has 0 saturated carbocycles. The van der Waals surface area contributed by atoms with E-state index in [1.54, 1.807) is 12.3 Å². The Kier molecular flexibility index (Phi) is 4.68.